The summed E-state index contributed by atoms with van der Waals surface area (Å²) >= 11 is 0. The van der Waals surface area contributed by atoms with Crippen molar-refractivity contribution in [2.24, 2.45) is 5.92 Å². The normalized spacial score (nSPS) is 19.7. The average Bonchev–Trinajstić information content (AvgIpc) is 3.23. The van der Waals surface area contributed by atoms with Crippen molar-refractivity contribution < 1.29 is 9.32 Å². The van der Waals surface area contributed by atoms with E-state index in [1.807, 2.05) is 29.2 Å². The lowest BCUT2D eigenvalue weighted by Gasteiger charge is -2.29. The van der Waals surface area contributed by atoms with Gasteiger partial charge in [0.15, 0.2) is 5.82 Å². The van der Waals surface area contributed by atoms with Gasteiger partial charge in [-0.1, -0.05) is 43.6 Å². The van der Waals surface area contributed by atoms with Crippen molar-refractivity contribution in [1.82, 2.24) is 15.0 Å². The number of nitrogens with zero attached hydrogens (tertiary/aromatic N) is 3. The molecule has 1 aliphatic heterocycles. The molecule has 0 spiro atoms. The van der Waals surface area contributed by atoms with Gasteiger partial charge in [-0.2, -0.15) is 4.98 Å². The lowest BCUT2D eigenvalue weighted by molar-refractivity contribution is 0.0578. The molecule has 2 heterocycles. The molecule has 1 aromatic carbocycles. The molecule has 2 aliphatic rings. The van der Waals surface area contributed by atoms with Crippen LogP contribution in [0.15, 0.2) is 28.8 Å². The minimum Gasteiger partial charge on any atom is -0.337 e. The Morgan fingerprint density at radius 2 is 2.13 bits per heavy atom. The van der Waals surface area contributed by atoms with Crippen LogP contribution in [-0.4, -0.2) is 20.9 Å². The van der Waals surface area contributed by atoms with Crippen molar-refractivity contribution in [3.63, 3.8) is 0 Å². The predicted molar refractivity (Wildman–Crippen MR) is 84.8 cm³/mol. The summed E-state index contributed by atoms with van der Waals surface area (Å²) in [7, 11) is 0. The molecule has 0 radical (unpaired) electrons. The van der Waals surface area contributed by atoms with Crippen molar-refractivity contribution in [3.8, 4) is 0 Å². The minimum absolute atomic E-state index is 0.0667. The molecule has 4 rings (SSSR count). The highest BCUT2D eigenvalue weighted by Gasteiger charge is 2.39. The molecular weight excluding hydrogens is 290 g/mol. The zero-order valence-corrected chi connectivity index (χ0v) is 13.5. The lowest BCUT2D eigenvalue weighted by atomic mass is 9.97. The second-order valence-corrected chi connectivity index (χ2v) is 6.69. The number of hydrogen-bond acceptors (Lipinski definition) is 4. The third-order valence-corrected chi connectivity index (χ3v) is 5.02. The zero-order chi connectivity index (χ0) is 16.0. The Kier molecular flexibility index (Phi) is 3.43. The number of carbonyl (C=O) groups excluding carboxylic acids is 1. The van der Waals surface area contributed by atoms with Crippen LogP contribution in [0.2, 0.25) is 0 Å². The zero-order valence-electron chi connectivity index (χ0n) is 13.5. The smallest absolute Gasteiger partial charge is 0.255 e. The number of aromatic nitrogens is 2. The van der Waals surface area contributed by atoms with E-state index in [0.29, 0.717) is 18.4 Å². The molecule has 5 heteroatoms. The Morgan fingerprint density at radius 3 is 2.83 bits per heavy atom. The van der Waals surface area contributed by atoms with Gasteiger partial charge >= 0.3 is 0 Å². The van der Waals surface area contributed by atoms with E-state index in [9.17, 15) is 4.79 Å². The van der Waals surface area contributed by atoms with E-state index in [1.54, 1.807) is 0 Å². The molecule has 2 atom stereocenters. The number of carbonyl (C=O) groups is 1. The first-order chi connectivity index (χ1) is 11.2. The maximum atomic E-state index is 12.8. The average molecular weight is 311 g/mol. The summed E-state index contributed by atoms with van der Waals surface area (Å²) in [6.07, 6.45) is 3.23. The summed E-state index contributed by atoms with van der Waals surface area (Å²) in [6.45, 7) is 4.89. The van der Waals surface area contributed by atoms with Gasteiger partial charge in [0.25, 0.3) is 5.91 Å². The maximum absolute atomic E-state index is 12.8. The van der Waals surface area contributed by atoms with E-state index in [-0.39, 0.29) is 17.9 Å². The molecule has 1 aliphatic carbocycles. The maximum Gasteiger partial charge on any atom is 0.255 e. The van der Waals surface area contributed by atoms with E-state index in [1.165, 1.54) is 0 Å². The standard InChI is InChI=1S/C18H21N3O2/c1-3-11(2)15(17-19-16(20-23-17)12-8-9-12)21-10-13-6-4-5-7-14(13)18(21)22/h4-7,11-12,15H,3,8-10H2,1-2H3/t11-,15-/m1/s1. The van der Waals surface area contributed by atoms with Gasteiger partial charge in [0.1, 0.15) is 6.04 Å². The van der Waals surface area contributed by atoms with Gasteiger partial charge in [-0.3, -0.25) is 4.79 Å². The summed E-state index contributed by atoms with van der Waals surface area (Å²) < 4.78 is 5.56. The largest absolute Gasteiger partial charge is 0.337 e. The van der Waals surface area contributed by atoms with Crippen molar-refractivity contribution in [2.45, 2.75) is 51.6 Å². The van der Waals surface area contributed by atoms with Gasteiger partial charge in [0.2, 0.25) is 5.89 Å². The fourth-order valence-electron chi connectivity index (χ4n) is 3.28. The minimum atomic E-state index is -0.153. The molecule has 0 saturated heterocycles. The predicted octanol–water partition coefficient (Wildman–Crippen LogP) is 3.69. The van der Waals surface area contributed by atoms with Crippen LogP contribution in [-0.2, 0) is 6.54 Å². The number of fused-ring (bicyclic) bond motifs is 1. The van der Waals surface area contributed by atoms with Gasteiger partial charge < -0.3 is 9.42 Å². The summed E-state index contributed by atoms with van der Waals surface area (Å²) in [5, 5.41) is 4.14. The Hall–Kier alpha value is -2.17. The van der Waals surface area contributed by atoms with Crippen molar-refractivity contribution in [1.29, 1.82) is 0 Å². The van der Waals surface area contributed by atoms with Crippen LogP contribution in [0.25, 0.3) is 0 Å². The second kappa shape index (κ2) is 5.48. The highest BCUT2D eigenvalue weighted by Crippen LogP contribution is 2.41. The van der Waals surface area contributed by atoms with Crippen LogP contribution in [0, 0.1) is 5.92 Å². The van der Waals surface area contributed by atoms with Gasteiger partial charge in [-0.25, -0.2) is 0 Å². The first kappa shape index (κ1) is 14.4. The SMILES string of the molecule is CC[C@@H](C)[C@H](c1nc(C2CC2)no1)N1Cc2ccccc2C1=O. The van der Waals surface area contributed by atoms with E-state index in [4.69, 9.17) is 4.52 Å². The quantitative estimate of drug-likeness (QED) is 0.845. The highest BCUT2D eigenvalue weighted by molar-refractivity contribution is 5.98. The Labute approximate surface area is 135 Å². The van der Waals surface area contributed by atoms with Gasteiger partial charge in [-0.15, -0.1) is 0 Å². The molecule has 1 saturated carbocycles. The monoisotopic (exact) mass is 311 g/mol. The molecule has 120 valence electrons. The van der Waals surface area contributed by atoms with Crippen LogP contribution in [0.1, 0.15) is 72.7 Å². The van der Waals surface area contributed by atoms with Crippen LogP contribution in [0.5, 0.6) is 0 Å². The summed E-state index contributed by atoms with van der Waals surface area (Å²) in [4.78, 5) is 19.3. The molecule has 1 aromatic heterocycles. The van der Waals surface area contributed by atoms with E-state index >= 15 is 0 Å². The van der Waals surface area contributed by atoms with Crippen molar-refractivity contribution in [3.05, 3.63) is 47.1 Å². The van der Waals surface area contributed by atoms with E-state index in [2.05, 4.69) is 24.0 Å². The molecule has 0 unspecified atom stereocenters. The first-order valence-electron chi connectivity index (χ1n) is 8.41. The Bertz CT molecular complexity index is 735. The number of rotatable bonds is 5. The second-order valence-electron chi connectivity index (χ2n) is 6.69. The highest BCUT2D eigenvalue weighted by atomic mass is 16.5. The fourth-order valence-corrected chi connectivity index (χ4v) is 3.28. The first-order valence-corrected chi connectivity index (χ1v) is 8.41. The van der Waals surface area contributed by atoms with Crippen LogP contribution in [0.4, 0.5) is 0 Å². The van der Waals surface area contributed by atoms with Crippen LogP contribution < -0.4 is 0 Å². The van der Waals surface area contributed by atoms with Crippen molar-refractivity contribution >= 4 is 5.91 Å². The topological polar surface area (TPSA) is 59.2 Å². The molecule has 2 aromatic rings. The summed E-state index contributed by atoms with van der Waals surface area (Å²) in [6, 6.07) is 7.65. The van der Waals surface area contributed by atoms with Crippen LogP contribution in [0.3, 0.4) is 0 Å². The van der Waals surface area contributed by atoms with E-state index < -0.39 is 0 Å². The van der Waals surface area contributed by atoms with Gasteiger partial charge in [0, 0.05) is 18.0 Å². The lowest BCUT2D eigenvalue weighted by Crippen LogP contribution is -2.33. The molecule has 1 fully saturated rings. The summed E-state index contributed by atoms with van der Waals surface area (Å²) in [5.41, 5.74) is 1.87. The molecule has 0 N–H and O–H groups in total. The summed E-state index contributed by atoms with van der Waals surface area (Å²) in [5.74, 6) is 2.18. The third-order valence-electron chi connectivity index (χ3n) is 5.02. The number of amides is 1. The molecular formula is C18H21N3O2. The molecule has 0 bridgehead atoms. The molecule has 23 heavy (non-hydrogen) atoms. The van der Waals surface area contributed by atoms with E-state index in [0.717, 1.165) is 36.2 Å². The Morgan fingerprint density at radius 1 is 1.35 bits per heavy atom. The number of benzene rings is 1. The number of hydrogen-bond donors (Lipinski definition) is 0. The van der Waals surface area contributed by atoms with Crippen molar-refractivity contribution in [2.75, 3.05) is 0 Å². The van der Waals surface area contributed by atoms with Gasteiger partial charge in [-0.05, 0) is 30.4 Å². The molecule has 1 amide bonds. The fraction of sp³-hybridized carbons (Fsp3) is 0.500. The van der Waals surface area contributed by atoms with Gasteiger partial charge in [0.05, 0.1) is 0 Å². The molecule has 5 nitrogen and oxygen atoms in total. The third kappa shape index (κ3) is 2.44. The Balaban J connectivity index is 1.67. The van der Waals surface area contributed by atoms with Crippen LogP contribution >= 0.6 is 0 Å².